The Kier molecular flexibility index (Phi) is 8.32. The van der Waals surface area contributed by atoms with E-state index in [2.05, 4.69) is 32.4 Å². The van der Waals surface area contributed by atoms with Crippen molar-refractivity contribution in [1.29, 1.82) is 0 Å². The third-order valence-electron chi connectivity index (χ3n) is 5.50. The molecule has 8 heteroatoms. The van der Waals surface area contributed by atoms with E-state index >= 15 is 0 Å². The molecule has 2 heterocycles. The molecule has 1 fully saturated rings. The molecule has 1 atom stereocenters. The van der Waals surface area contributed by atoms with Crippen LogP contribution in [0.1, 0.15) is 39.0 Å². The minimum atomic E-state index is 0.0115. The van der Waals surface area contributed by atoms with Gasteiger partial charge in [-0.2, -0.15) is 0 Å². The molecule has 31 heavy (non-hydrogen) atoms. The molecule has 1 aromatic carbocycles. The average Bonchev–Trinajstić information content (AvgIpc) is 2.81. The van der Waals surface area contributed by atoms with Gasteiger partial charge in [0.15, 0.2) is 11.5 Å². The maximum absolute atomic E-state index is 12.5. The summed E-state index contributed by atoms with van der Waals surface area (Å²) in [5.74, 6) is 3.53. The molecule has 3 rings (SSSR count). The van der Waals surface area contributed by atoms with Crippen molar-refractivity contribution in [3.63, 3.8) is 0 Å². The fraction of sp³-hybridized carbons (Fsp3) is 0.522. The third-order valence-corrected chi connectivity index (χ3v) is 5.50. The normalized spacial score (nSPS) is 16.0. The number of nitrogens with zero attached hydrogens (tertiary/aromatic N) is 3. The number of benzene rings is 1. The third kappa shape index (κ3) is 6.47. The second kappa shape index (κ2) is 11.4. The van der Waals surface area contributed by atoms with Crippen molar-refractivity contribution < 1.29 is 14.3 Å². The molecular formula is C23H33N5O3. The van der Waals surface area contributed by atoms with Gasteiger partial charge in [-0.3, -0.25) is 4.79 Å². The zero-order chi connectivity index (χ0) is 22.1. The number of rotatable bonds is 10. The van der Waals surface area contributed by atoms with Crippen LogP contribution >= 0.6 is 0 Å². The highest BCUT2D eigenvalue weighted by atomic mass is 16.5. The van der Waals surface area contributed by atoms with Crippen LogP contribution in [0.2, 0.25) is 0 Å². The predicted octanol–water partition coefficient (Wildman–Crippen LogP) is 3.95. The van der Waals surface area contributed by atoms with E-state index in [0.717, 1.165) is 57.0 Å². The maximum atomic E-state index is 12.5. The van der Waals surface area contributed by atoms with Crippen molar-refractivity contribution >= 4 is 23.2 Å². The number of piperidine rings is 1. The van der Waals surface area contributed by atoms with Crippen molar-refractivity contribution in [2.75, 3.05) is 49.4 Å². The van der Waals surface area contributed by atoms with Crippen LogP contribution in [0.4, 0.5) is 17.3 Å². The molecule has 0 aliphatic carbocycles. The highest BCUT2D eigenvalue weighted by molar-refractivity contribution is 5.91. The lowest BCUT2D eigenvalue weighted by Gasteiger charge is -2.33. The minimum absolute atomic E-state index is 0.0115. The molecule has 0 radical (unpaired) electrons. The number of aromatic nitrogens is 2. The highest BCUT2D eigenvalue weighted by Crippen LogP contribution is 2.30. The van der Waals surface area contributed by atoms with Crippen molar-refractivity contribution in [3.05, 3.63) is 30.6 Å². The molecule has 168 valence electrons. The number of anilines is 3. The Hall–Kier alpha value is -3.03. The fourth-order valence-corrected chi connectivity index (χ4v) is 3.85. The maximum Gasteiger partial charge on any atom is 0.224 e. The zero-order valence-electron chi connectivity index (χ0n) is 18.7. The molecule has 2 N–H and O–H groups in total. The second-order valence-corrected chi connectivity index (χ2v) is 7.80. The van der Waals surface area contributed by atoms with Gasteiger partial charge in [0.05, 0.1) is 14.2 Å². The molecule has 1 amide bonds. The van der Waals surface area contributed by atoms with Gasteiger partial charge in [-0.05, 0) is 43.7 Å². The predicted molar refractivity (Wildman–Crippen MR) is 123 cm³/mol. The molecule has 0 saturated carbocycles. The molecule has 0 unspecified atom stereocenters. The summed E-state index contributed by atoms with van der Waals surface area (Å²) in [6, 6.07) is 7.40. The van der Waals surface area contributed by atoms with E-state index in [0.29, 0.717) is 29.5 Å². The van der Waals surface area contributed by atoms with E-state index in [4.69, 9.17) is 9.47 Å². The van der Waals surface area contributed by atoms with Crippen molar-refractivity contribution in [2.24, 2.45) is 5.92 Å². The second-order valence-electron chi connectivity index (χ2n) is 7.80. The van der Waals surface area contributed by atoms with Crippen molar-refractivity contribution in [3.8, 4) is 11.5 Å². The molecule has 0 bridgehead atoms. The number of hydrogen-bond acceptors (Lipinski definition) is 7. The quantitative estimate of drug-likeness (QED) is 0.593. The molecule has 2 aromatic rings. The summed E-state index contributed by atoms with van der Waals surface area (Å²) in [5.41, 5.74) is 0.709. The number of nitrogens with one attached hydrogen (secondary N) is 2. The van der Waals surface area contributed by atoms with E-state index in [9.17, 15) is 4.79 Å². The Morgan fingerprint density at radius 2 is 2.03 bits per heavy atom. The first-order chi connectivity index (χ1) is 15.1. The van der Waals surface area contributed by atoms with Crippen molar-refractivity contribution in [1.82, 2.24) is 9.97 Å². The largest absolute Gasteiger partial charge is 0.493 e. The molecule has 1 saturated heterocycles. The number of methoxy groups -OCH3 is 2. The fourth-order valence-electron chi connectivity index (χ4n) is 3.85. The number of carbonyl (C=O) groups excluding carboxylic acids is 1. The van der Waals surface area contributed by atoms with Crippen LogP contribution in [-0.2, 0) is 4.79 Å². The van der Waals surface area contributed by atoms with Crippen LogP contribution in [0, 0.1) is 5.92 Å². The first-order valence-corrected chi connectivity index (χ1v) is 11.0. The van der Waals surface area contributed by atoms with Gasteiger partial charge >= 0.3 is 0 Å². The summed E-state index contributed by atoms with van der Waals surface area (Å²) in [5, 5.41) is 6.28. The van der Waals surface area contributed by atoms with E-state index in [1.54, 1.807) is 32.7 Å². The van der Waals surface area contributed by atoms with E-state index in [-0.39, 0.29) is 5.91 Å². The van der Waals surface area contributed by atoms with Gasteiger partial charge in [-0.1, -0.05) is 6.92 Å². The summed E-state index contributed by atoms with van der Waals surface area (Å²) < 4.78 is 10.5. The van der Waals surface area contributed by atoms with E-state index < -0.39 is 0 Å². The number of carbonyl (C=O) groups is 1. The van der Waals surface area contributed by atoms with Crippen LogP contribution in [0.25, 0.3) is 0 Å². The highest BCUT2D eigenvalue weighted by Gasteiger charge is 2.22. The topological polar surface area (TPSA) is 88.6 Å². The van der Waals surface area contributed by atoms with Gasteiger partial charge in [0, 0.05) is 43.9 Å². The zero-order valence-corrected chi connectivity index (χ0v) is 18.7. The van der Waals surface area contributed by atoms with Gasteiger partial charge in [0.25, 0.3) is 0 Å². The number of hydrogen-bond donors (Lipinski definition) is 2. The van der Waals surface area contributed by atoms with Crippen LogP contribution in [0.15, 0.2) is 30.6 Å². The average molecular weight is 428 g/mol. The minimum Gasteiger partial charge on any atom is -0.493 e. The first kappa shape index (κ1) is 22.7. The van der Waals surface area contributed by atoms with Crippen LogP contribution in [0.3, 0.4) is 0 Å². The van der Waals surface area contributed by atoms with E-state index in [1.165, 1.54) is 0 Å². The first-order valence-electron chi connectivity index (χ1n) is 11.0. The standard InChI is InChI=1S/C23H33N5O3/c1-4-11-24-21-14-22(26-16-25-21)28-12-5-6-17(15-28)7-10-23(29)27-18-8-9-19(30-2)20(13-18)31-3/h8-9,13-14,16-17H,4-7,10-12,15H2,1-3H3,(H,27,29)(H,24,25,26)/t17-/m0/s1. The molecule has 0 spiro atoms. The molecule has 8 nitrogen and oxygen atoms in total. The Morgan fingerprint density at radius 1 is 1.19 bits per heavy atom. The van der Waals surface area contributed by atoms with Gasteiger partial charge < -0.3 is 25.0 Å². The van der Waals surface area contributed by atoms with E-state index in [1.807, 2.05) is 12.1 Å². The summed E-state index contributed by atoms with van der Waals surface area (Å²) >= 11 is 0. The molecule has 1 aromatic heterocycles. The van der Waals surface area contributed by atoms with Crippen LogP contribution < -0.4 is 25.0 Å². The lowest BCUT2D eigenvalue weighted by molar-refractivity contribution is -0.116. The molecule has 1 aliphatic heterocycles. The molecule has 1 aliphatic rings. The smallest absolute Gasteiger partial charge is 0.224 e. The Balaban J connectivity index is 1.51. The SMILES string of the molecule is CCCNc1cc(N2CCC[C@@H](CCC(=O)Nc3ccc(OC)c(OC)c3)C2)ncn1. The summed E-state index contributed by atoms with van der Waals surface area (Å²) in [4.78, 5) is 23.5. The lowest BCUT2D eigenvalue weighted by Crippen LogP contribution is -2.36. The Morgan fingerprint density at radius 3 is 2.81 bits per heavy atom. The van der Waals surface area contributed by atoms with Crippen LogP contribution in [0.5, 0.6) is 11.5 Å². The number of amides is 1. The van der Waals surface area contributed by atoms with Gasteiger partial charge in [-0.25, -0.2) is 9.97 Å². The summed E-state index contributed by atoms with van der Waals surface area (Å²) in [7, 11) is 3.17. The van der Waals surface area contributed by atoms with Gasteiger partial charge in [-0.15, -0.1) is 0 Å². The monoisotopic (exact) mass is 427 g/mol. The van der Waals surface area contributed by atoms with Crippen LogP contribution in [-0.4, -0.2) is 49.7 Å². The Labute approximate surface area is 184 Å². The van der Waals surface area contributed by atoms with Crippen molar-refractivity contribution in [2.45, 2.75) is 39.0 Å². The summed E-state index contributed by atoms with van der Waals surface area (Å²) in [6.07, 6.45) is 6.24. The molecular weight excluding hydrogens is 394 g/mol. The lowest BCUT2D eigenvalue weighted by atomic mass is 9.93. The Bertz CT molecular complexity index is 861. The number of ether oxygens (including phenoxy) is 2. The van der Waals surface area contributed by atoms with Gasteiger partial charge in [0.1, 0.15) is 18.0 Å². The van der Waals surface area contributed by atoms with Gasteiger partial charge in [0.2, 0.25) is 5.91 Å². The summed E-state index contributed by atoms with van der Waals surface area (Å²) in [6.45, 7) is 4.92.